The third-order valence-corrected chi connectivity index (χ3v) is 2.99. The van der Waals surface area contributed by atoms with Crippen LogP contribution in [-0.2, 0) is 13.1 Å². The largest absolute Gasteiger partial charge is 0.337 e. The molecule has 2 aromatic rings. The highest BCUT2D eigenvalue weighted by atomic mass is 15.0. The van der Waals surface area contributed by atoms with Crippen LogP contribution >= 0.6 is 0 Å². The van der Waals surface area contributed by atoms with E-state index in [1.165, 1.54) is 18.4 Å². The molecule has 2 heterocycles. The molecular weight excluding hydrogens is 224 g/mol. The Hall–Kier alpha value is -1.68. The molecule has 96 valence electrons. The van der Waals surface area contributed by atoms with Crippen LogP contribution in [0.4, 0.5) is 0 Å². The number of rotatable bonds is 7. The smallest absolute Gasteiger partial charge is 0.0945 e. The van der Waals surface area contributed by atoms with Crippen LogP contribution in [0, 0.1) is 6.92 Å². The monoisotopic (exact) mass is 244 g/mol. The SMILES string of the molecule is Cc1cccnc1CNCCCCn1ccnc1. The van der Waals surface area contributed by atoms with Crippen LogP contribution in [0.15, 0.2) is 37.1 Å². The summed E-state index contributed by atoms with van der Waals surface area (Å²) in [6.07, 6.45) is 9.88. The van der Waals surface area contributed by atoms with Crippen LogP contribution in [0.1, 0.15) is 24.1 Å². The number of nitrogens with one attached hydrogen (secondary N) is 1. The van der Waals surface area contributed by atoms with Gasteiger partial charge in [0.05, 0.1) is 12.0 Å². The molecule has 0 amide bonds. The third kappa shape index (κ3) is 3.96. The van der Waals surface area contributed by atoms with Crippen LogP contribution < -0.4 is 5.32 Å². The van der Waals surface area contributed by atoms with Gasteiger partial charge >= 0.3 is 0 Å². The van der Waals surface area contributed by atoms with Crippen molar-refractivity contribution in [3.8, 4) is 0 Å². The summed E-state index contributed by atoms with van der Waals surface area (Å²) < 4.78 is 2.11. The lowest BCUT2D eigenvalue weighted by atomic mass is 10.2. The van der Waals surface area contributed by atoms with E-state index in [0.717, 1.165) is 25.3 Å². The van der Waals surface area contributed by atoms with Crippen molar-refractivity contribution in [2.45, 2.75) is 32.9 Å². The van der Waals surface area contributed by atoms with Gasteiger partial charge in [-0.05, 0) is 37.9 Å². The first-order valence-electron chi connectivity index (χ1n) is 6.43. The maximum atomic E-state index is 4.36. The lowest BCUT2D eigenvalue weighted by Crippen LogP contribution is -2.16. The number of aryl methyl sites for hydroxylation is 2. The van der Waals surface area contributed by atoms with E-state index in [0.29, 0.717) is 0 Å². The molecular formula is C14H20N4. The molecule has 0 bridgehead atoms. The van der Waals surface area contributed by atoms with Gasteiger partial charge in [-0.1, -0.05) is 6.07 Å². The van der Waals surface area contributed by atoms with Gasteiger partial charge in [-0.15, -0.1) is 0 Å². The van der Waals surface area contributed by atoms with Crippen LogP contribution in [-0.4, -0.2) is 21.1 Å². The average molecular weight is 244 g/mol. The first-order chi connectivity index (χ1) is 8.86. The van der Waals surface area contributed by atoms with E-state index in [9.17, 15) is 0 Å². The molecule has 2 rings (SSSR count). The van der Waals surface area contributed by atoms with Gasteiger partial charge < -0.3 is 9.88 Å². The molecule has 0 unspecified atom stereocenters. The number of imidazole rings is 1. The van der Waals surface area contributed by atoms with Crippen LogP contribution in [0.5, 0.6) is 0 Å². The summed E-state index contributed by atoms with van der Waals surface area (Å²) >= 11 is 0. The fraction of sp³-hybridized carbons (Fsp3) is 0.429. The first-order valence-corrected chi connectivity index (χ1v) is 6.43. The summed E-state index contributed by atoms with van der Waals surface area (Å²) in [7, 11) is 0. The number of pyridine rings is 1. The van der Waals surface area contributed by atoms with E-state index in [4.69, 9.17) is 0 Å². The van der Waals surface area contributed by atoms with E-state index in [-0.39, 0.29) is 0 Å². The van der Waals surface area contributed by atoms with Crippen molar-refractivity contribution >= 4 is 0 Å². The first kappa shape index (κ1) is 12.8. The van der Waals surface area contributed by atoms with E-state index < -0.39 is 0 Å². The molecule has 0 saturated heterocycles. The molecule has 0 aliphatic carbocycles. The highest BCUT2D eigenvalue weighted by molar-refractivity contribution is 5.17. The summed E-state index contributed by atoms with van der Waals surface area (Å²) in [5.41, 5.74) is 2.40. The van der Waals surface area contributed by atoms with Crippen molar-refractivity contribution in [2.24, 2.45) is 0 Å². The molecule has 0 spiro atoms. The highest BCUT2D eigenvalue weighted by Crippen LogP contribution is 2.02. The molecule has 2 aromatic heterocycles. The maximum absolute atomic E-state index is 4.36. The zero-order chi connectivity index (χ0) is 12.6. The molecule has 1 N–H and O–H groups in total. The quantitative estimate of drug-likeness (QED) is 0.759. The number of nitrogens with zero attached hydrogens (tertiary/aromatic N) is 3. The molecule has 0 saturated carbocycles. The zero-order valence-electron chi connectivity index (χ0n) is 10.8. The molecule has 18 heavy (non-hydrogen) atoms. The Morgan fingerprint density at radius 3 is 3.00 bits per heavy atom. The van der Waals surface area contributed by atoms with Gasteiger partial charge in [-0.25, -0.2) is 4.98 Å². The van der Waals surface area contributed by atoms with Crippen molar-refractivity contribution in [1.29, 1.82) is 0 Å². The molecule has 0 fully saturated rings. The minimum atomic E-state index is 0.859. The van der Waals surface area contributed by atoms with Crippen molar-refractivity contribution in [2.75, 3.05) is 6.54 Å². The Balaban J connectivity index is 1.58. The average Bonchev–Trinajstić information content (AvgIpc) is 2.89. The molecule has 0 aliphatic rings. The topological polar surface area (TPSA) is 42.7 Å². The van der Waals surface area contributed by atoms with Crippen molar-refractivity contribution in [1.82, 2.24) is 19.9 Å². The molecule has 4 nitrogen and oxygen atoms in total. The van der Waals surface area contributed by atoms with Crippen LogP contribution in [0.3, 0.4) is 0 Å². The van der Waals surface area contributed by atoms with E-state index in [1.54, 1.807) is 0 Å². The molecule has 0 aliphatic heterocycles. The molecule has 0 radical (unpaired) electrons. The van der Waals surface area contributed by atoms with Gasteiger partial charge in [0.2, 0.25) is 0 Å². The summed E-state index contributed by atoms with van der Waals surface area (Å²) in [5.74, 6) is 0. The van der Waals surface area contributed by atoms with E-state index >= 15 is 0 Å². The normalized spacial score (nSPS) is 10.7. The Labute approximate surface area is 108 Å². The zero-order valence-corrected chi connectivity index (χ0v) is 10.8. The second-order valence-electron chi connectivity index (χ2n) is 4.45. The number of aromatic nitrogens is 3. The Bertz CT molecular complexity index is 451. The van der Waals surface area contributed by atoms with Crippen molar-refractivity contribution in [3.63, 3.8) is 0 Å². The summed E-state index contributed by atoms with van der Waals surface area (Å²) in [6, 6.07) is 4.08. The van der Waals surface area contributed by atoms with E-state index in [1.807, 2.05) is 31.0 Å². The minimum absolute atomic E-state index is 0.859. The van der Waals surface area contributed by atoms with Crippen LogP contribution in [0.2, 0.25) is 0 Å². The second kappa shape index (κ2) is 6.91. The highest BCUT2D eigenvalue weighted by Gasteiger charge is 1.97. The predicted octanol–water partition coefficient (Wildman–Crippen LogP) is 2.16. The Morgan fingerprint density at radius 2 is 2.22 bits per heavy atom. The Morgan fingerprint density at radius 1 is 1.28 bits per heavy atom. The van der Waals surface area contributed by atoms with Gasteiger partial charge in [0, 0.05) is 31.7 Å². The fourth-order valence-electron chi connectivity index (χ4n) is 1.87. The summed E-state index contributed by atoms with van der Waals surface area (Å²) in [6.45, 7) is 5.04. The second-order valence-corrected chi connectivity index (χ2v) is 4.45. The third-order valence-electron chi connectivity index (χ3n) is 2.99. The maximum Gasteiger partial charge on any atom is 0.0945 e. The summed E-state index contributed by atoms with van der Waals surface area (Å²) in [5, 5.41) is 3.44. The van der Waals surface area contributed by atoms with Gasteiger partial charge in [0.25, 0.3) is 0 Å². The van der Waals surface area contributed by atoms with Crippen molar-refractivity contribution in [3.05, 3.63) is 48.3 Å². The van der Waals surface area contributed by atoms with E-state index in [2.05, 4.69) is 32.8 Å². The van der Waals surface area contributed by atoms with Gasteiger partial charge in [-0.2, -0.15) is 0 Å². The molecule has 0 aromatic carbocycles. The van der Waals surface area contributed by atoms with Gasteiger partial charge in [0.1, 0.15) is 0 Å². The standard InChI is InChI=1S/C14H20N4/c1-13-5-4-7-17-14(13)11-15-6-2-3-9-18-10-8-16-12-18/h4-5,7-8,10,12,15H,2-3,6,9,11H2,1H3. The van der Waals surface area contributed by atoms with Crippen LogP contribution in [0.25, 0.3) is 0 Å². The minimum Gasteiger partial charge on any atom is -0.337 e. The number of hydrogen-bond acceptors (Lipinski definition) is 3. The summed E-state index contributed by atoms with van der Waals surface area (Å²) in [4.78, 5) is 8.39. The Kier molecular flexibility index (Phi) is 4.90. The predicted molar refractivity (Wildman–Crippen MR) is 72.1 cm³/mol. The fourth-order valence-corrected chi connectivity index (χ4v) is 1.87. The van der Waals surface area contributed by atoms with Crippen molar-refractivity contribution < 1.29 is 0 Å². The van der Waals surface area contributed by atoms with Gasteiger partial charge in [-0.3, -0.25) is 4.98 Å². The lowest BCUT2D eigenvalue weighted by molar-refractivity contribution is 0.565. The van der Waals surface area contributed by atoms with Gasteiger partial charge in [0.15, 0.2) is 0 Å². The lowest BCUT2D eigenvalue weighted by Gasteiger charge is -2.06. The molecule has 0 atom stereocenters. The molecule has 4 heteroatoms. The number of hydrogen-bond donors (Lipinski definition) is 1. The number of unbranched alkanes of at least 4 members (excludes halogenated alkanes) is 1.